The molecule has 9 aromatic rings. The topological polar surface area (TPSA) is 0 Å². The van der Waals surface area contributed by atoms with Gasteiger partial charge in [-0.05, 0) is 100 Å². The molecule has 0 unspecified atom stereocenters. The Morgan fingerprint density at radius 3 is 0.960 bits per heavy atom. The maximum atomic E-state index is 2.41. The summed E-state index contributed by atoms with van der Waals surface area (Å²) in [6, 6.07) is 74.9. The molecule has 0 saturated heterocycles. The summed E-state index contributed by atoms with van der Waals surface area (Å²) in [6.45, 7) is 0. The van der Waals surface area contributed by atoms with Crippen molar-refractivity contribution in [3.8, 4) is 66.8 Å². The summed E-state index contributed by atoms with van der Waals surface area (Å²) in [5, 5.41) is 5.01. The van der Waals surface area contributed by atoms with Crippen LogP contribution in [0.25, 0.3) is 88.3 Å². The van der Waals surface area contributed by atoms with Gasteiger partial charge in [-0.15, -0.1) is 0 Å². The maximum absolute atomic E-state index is 2.41. The van der Waals surface area contributed by atoms with Crippen LogP contribution < -0.4 is 0 Å². The minimum Gasteiger partial charge on any atom is -0.0622 e. The fourth-order valence-corrected chi connectivity index (χ4v) is 7.41. The lowest BCUT2D eigenvalue weighted by Gasteiger charge is -2.19. The molecule has 0 aliphatic heterocycles. The lowest BCUT2D eigenvalue weighted by Crippen LogP contribution is -1.92. The molecule has 9 aromatic carbocycles. The summed E-state index contributed by atoms with van der Waals surface area (Å²) in [4.78, 5) is 0. The number of rotatable bonds is 6. The first kappa shape index (κ1) is 29.6. The molecule has 0 nitrogen and oxygen atoms in total. The Hall–Kier alpha value is -6.50. The van der Waals surface area contributed by atoms with Crippen LogP contribution in [0.15, 0.2) is 206 Å². The van der Waals surface area contributed by atoms with Gasteiger partial charge in [0.2, 0.25) is 0 Å². The molecule has 0 aliphatic carbocycles. The molecular weight excluding hydrogens is 601 g/mol. The second kappa shape index (κ2) is 12.8. The van der Waals surface area contributed by atoms with Crippen LogP contribution in [0, 0.1) is 0 Å². The summed E-state index contributed by atoms with van der Waals surface area (Å²) < 4.78 is 0. The quantitative estimate of drug-likeness (QED) is 0.160. The fourth-order valence-electron chi connectivity index (χ4n) is 7.41. The van der Waals surface area contributed by atoms with Crippen molar-refractivity contribution >= 4 is 21.5 Å². The van der Waals surface area contributed by atoms with E-state index in [1.54, 1.807) is 0 Å². The summed E-state index contributed by atoms with van der Waals surface area (Å²) in [7, 11) is 0. The monoisotopic (exact) mass is 634 g/mol. The first-order chi connectivity index (χ1) is 24.8. The predicted molar refractivity (Wildman–Crippen MR) is 214 cm³/mol. The van der Waals surface area contributed by atoms with Crippen molar-refractivity contribution in [2.24, 2.45) is 0 Å². The van der Waals surface area contributed by atoms with Crippen molar-refractivity contribution in [2.45, 2.75) is 0 Å². The van der Waals surface area contributed by atoms with Gasteiger partial charge in [0, 0.05) is 0 Å². The zero-order valence-corrected chi connectivity index (χ0v) is 27.6. The third-order valence-electron chi connectivity index (χ3n) is 9.89. The van der Waals surface area contributed by atoms with Gasteiger partial charge in [0.25, 0.3) is 0 Å². The molecule has 0 aliphatic rings. The highest BCUT2D eigenvalue weighted by molar-refractivity contribution is 6.22. The molecule has 234 valence electrons. The Bertz CT molecular complexity index is 2580. The first-order valence-electron chi connectivity index (χ1n) is 17.3. The SMILES string of the molecule is c1ccc(-c2ccc(-c3c4ccccc4c(-c4ccc(-c5ccccc5)cc4)c4cc(-c5cccc(-c6ccccc6)c5)ccc34)cc2)cc1. The Balaban J connectivity index is 1.27. The van der Waals surface area contributed by atoms with Crippen molar-refractivity contribution in [3.05, 3.63) is 206 Å². The number of hydrogen-bond acceptors (Lipinski definition) is 0. The van der Waals surface area contributed by atoms with Gasteiger partial charge in [-0.1, -0.05) is 194 Å². The van der Waals surface area contributed by atoms with Crippen molar-refractivity contribution in [2.75, 3.05) is 0 Å². The van der Waals surface area contributed by atoms with Gasteiger partial charge in [-0.2, -0.15) is 0 Å². The molecule has 0 radical (unpaired) electrons. The van der Waals surface area contributed by atoms with E-state index in [4.69, 9.17) is 0 Å². The summed E-state index contributed by atoms with van der Waals surface area (Å²) in [5.74, 6) is 0. The van der Waals surface area contributed by atoms with Gasteiger partial charge in [0.15, 0.2) is 0 Å². The zero-order chi connectivity index (χ0) is 33.3. The molecule has 50 heavy (non-hydrogen) atoms. The van der Waals surface area contributed by atoms with Crippen molar-refractivity contribution in [3.63, 3.8) is 0 Å². The first-order valence-corrected chi connectivity index (χ1v) is 17.3. The third-order valence-corrected chi connectivity index (χ3v) is 9.89. The van der Waals surface area contributed by atoms with Crippen LogP contribution in [-0.4, -0.2) is 0 Å². The van der Waals surface area contributed by atoms with Crippen LogP contribution in [0.3, 0.4) is 0 Å². The number of benzene rings is 9. The second-order valence-corrected chi connectivity index (χ2v) is 12.9. The minimum atomic E-state index is 1.21. The van der Waals surface area contributed by atoms with Crippen LogP contribution in [0.2, 0.25) is 0 Å². The molecule has 0 heterocycles. The van der Waals surface area contributed by atoms with Gasteiger partial charge in [0.05, 0.1) is 0 Å². The highest BCUT2D eigenvalue weighted by Crippen LogP contribution is 2.45. The Kier molecular flexibility index (Phi) is 7.61. The lowest BCUT2D eigenvalue weighted by atomic mass is 9.84. The molecule has 0 spiro atoms. The molecule has 0 saturated carbocycles. The average molecular weight is 635 g/mol. The molecule has 0 aromatic heterocycles. The molecule has 0 amide bonds. The molecule has 0 heteroatoms. The van der Waals surface area contributed by atoms with Crippen molar-refractivity contribution < 1.29 is 0 Å². The normalized spacial score (nSPS) is 11.2. The summed E-state index contributed by atoms with van der Waals surface area (Å²) in [6.07, 6.45) is 0. The Morgan fingerprint density at radius 1 is 0.160 bits per heavy atom. The van der Waals surface area contributed by atoms with Gasteiger partial charge < -0.3 is 0 Å². The van der Waals surface area contributed by atoms with Gasteiger partial charge in [0.1, 0.15) is 0 Å². The van der Waals surface area contributed by atoms with Crippen molar-refractivity contribution in [1.29, 1.82) is 0 Å². The number of fused-ring (bicyclic) bond motifs is 2. The minimum absolute atomic E-state index is 1.21. The van der Waals surface area contributed by atoms with E-state index in [1.165, 1.54) is 88.3 Å². The van der Waals surface area contributed by atoms with E-state index in [2.05, 4.69) is 206 Å². The summed E-state index contributed by atoms with van der Waals surface area (Å²) >= 11 is 0. The van der Waals surface area contributed by atoms with Crippen LogP contribution in [0.4, 0.5) is 0 Å². The van der Waals surface area contributed by atoms with E-state index in [1.807, 2.05) is 0 Å². The molecular formula is C50H34. The highest BCUT2D eigenvalue weighted by Gasteiger charge is 2.18. The van der Waals surface area contributed by atoms with Crippen LogP contribution in [0.5, 0.6) is 0 Å². The third kappa shape index (κ3) is 5.48. The standard InChI is InChI=1S/C50H34/c1-4-13-35(14-5-1)38-23-27-40(28-24-38)49-45-21-10-11-22-46(45)50(41-29-25-39(26-30-41)36-15-6-2-7-16-36)48-34-44(31-32-47(48)49)43-20-12-19-42(33-43)37-17-8-3-9-18-37/h1-34H. The highest BCUT2D eigenvalue weighted by atomic mass is 14.2. The lowest BCUT2D eigenvalue weighted by molar-refractivity contribution is 1.59. The van der Waals surface area contributed by atoms with E-state index in [9.17, 15) is 0 Å². The van der Waals surface area contributed by atoms with Crippen LogP contribution >= 0.6 is 0 Å². The van der Waals surface area contributed by atoms with E-state index in [0.717, 1.165) is 0 Å². The van der Waals surface area contributed by atoms with E-state index >= 15 is 0 Å². The molecule has 0 atom stereocenters. The second-order valence-electron chi connectivity index (χ2n) is 12.9. The Labute approximate surface area is 293 Å². The van der Waals surface area contributed by atoms with Gasteiger partial charge in [-0.25, -0.2) is 0 Å². The van der Waals surface area contributed by atoms with E-state index in [-0.39, 0.29) is 0 Å². The van der Waals surface area contributed by atoms with Crippen LogP contribution in [-0.2, 0) is 0 Å². The smallest absolute Gasteiger partial charge is 0.00261 e. The van der Waals surface area contributed by atoms with Gasteiger partial charge in [-0.3, -0.25) is 0 Å². The molecule has 0 N–H and O–H groups in total. The van der Waals surface area contributed by atoms with Crippen LogP contribution in [0.1, 0.15) is 0 Å². The Morgan fingerprint density at radius 2 is 0.460 bits per heavy atom. The van der Waals surface area contributed by atoms with E-state index in [0.29, 0.717) is 0 Å². The van der Waals surface area contributed by atoms with Gasteiger partial charge >= 0.3 is 0 Å². The average Bonchev–Trinajstić information content (AvgIpc) is 3.21. The molecule has 0 fully saturated rings. The largest absolute Gasteiger partial charge is 0.0622 e. The van der Waals surface area contributed by atoms with Crippen molar-refractivity contribution in [1.82, 2.24) is 0 Å². The van der Waals surface area contributed by atoms with E-state index < -0.39 is 0 Å². The maximum Gasteiger partial charge on any atom is -0.00261 e. The summed E-state index contributed by atoms with van der Waals surface area (Å²) in [5.41, 5.74) is 14.7. The zero-order valence-electron chi connectivity index (χ0n) is 27.6. The fraction of sp³-hybridized carbons (Fsp3) is 0. The molecule has 0 bridgehead atoms. The molecule has 9 rings (SSSR count). The predicted octanol–water partition coefficient (Wildman–Crippen LogP) is 14.0. The number of hydrogen-bond donors (Lipinski definition) is 0.